The summed E-state index contributed by atoms with van der Waals surface area (Å²) in [5.41, 5.74) is 9.91. The molecule has 2 amide bonds. The van der Waals surface area contributed by atoms with E-state index in [0.717, 1.165) is 29.7 Å². The number of nitrogens with zero attached hydrogens (tertiary/aromatic N) is 4. The van der Waals surface area contributed by atoms with Gasteiger partial charge in [0.15, 0.2) is 0 Å². The Kier molecular flexibility index (Phi) is 14.4. The molecule has 0 saturated carbocycles. The molecule has 0 radical (unpaired) electrons. The second-order valence-corrected chi connectivity index (χ2v) is 9.52. The molecule has 8 nitrogen and oxygen atoms in total. The van der Waals surface area contributed by atoms with Crippen molar-refractivity contribution in [1.82, 2.24) is 4.90 Å². The van der Waals surface area contributed by atoms with Gasteiger partial charge in [-0.15, -0.1) is 0 Å². The zero-order valence-corrected chi connectivity index (χ0v) is 21.6. The number of imide groups is 1. The number of rotatable bonds is 18. The largest absolute Gasteiger partial charge is 0.447 e. The number of hydrogen-bond donors (Lipinski definition) is 1. The quantitative estimate of drug-likeness (QED) is 0.0781. The number of amides is 2. The second kappa shape index (κ2) is 17.6. The van der Waals surface area contributed by atoms with Crippen LogP contribution in [0.15, 0.2) is 47.6 Å². The summed E-state index contributed by atoms with van der Waals surface area (Å²) in [4.78, 5) is 29.1. The van der Waals surface area contributed by atoms with E-state index in [2.05, 4.69) is 16.9 Å². The van der Waals surface area contributed by atoms with Crippen molar-refractivity contribution in [1.29, 1.82) is 0 Å². The standard InChI is InChI=1S/C28H42N4O4/c1-2-3-4-5-6-7-8-9-10-11-12-13-17-20-25(33)26(30-31-29)27(34)32-24(22-36-28(32)35)21-23-18-15-14-16-19-23/h14-20,24-26,33H,2-13,21-22H2,1H3/t24?,25-,26?/m0/s1. The van der Waals surface area contributed by atoms with Gasteiger partial charge in [0.1, 0.15) is 12.6 Å². The molecule has 1 aliphatic rings. The highest BCUT2D eigenvalue weighted by molar-refractivity contribution is 5.97. The third kappa shape index (κ3) is 10.4. The summed E-state index contributed by atoms with van der Waals surface area (Å²) in [5.74, 6) is -0.747. The first-order valence-electron chi connectivity index (χ1n) is 13.5. The lowest BCUT2D eigenvalue weighted by atomic mass is 10.0. The van der Waals surface area contributed by atoms with E-state index in [1.165, 1.54) is 63.9 Å². The Labute approximate surface area is 215 Å². The number of benzene rings is 1. The van der Waals surface area contributed by atoms with Crippen molar-refractivity contribution in [2.45, 2.75) is 109 Å². The molecule has 1 heterocycles. The third-order valence-electron chi connectivity index (χ3n) is 6.57. The monoisotopic (exact) mass is 498 g/mol. The van der Waals surface area contributed by atoms with Gasteiger partial charge in [-0.1, -0.05) is 119 Å². The lowest BCUT2D eigenvalue weighted by Crippen LogP contribution is -2.48. The van der Waals surface area contributed by atoms with Crippen LogP contribution < -0.4 is 0 Å². The zero-order chi connectivity index (χ0) is 26.0. The maximum Gasteiger partial charge on any atom is 0.416 e. The Morgan fingerprint density at radius 3 is 2.33 bits per heavy atom. The molecular weight excluding hydrogens is 456 g/mol. The van der Waals surface area contributed by atoms with Gasteiger partial charge in [0.25, 0.3) is 0 Å². The van der Waals surface area contributed by atoms with E-state index in [9.17, 15) is 14.7 Å². The SMILES string of the molecule is CCCCCCCCCCCCCC=C[C@H](O)C(N=[N+]=[N-])C(=O)N1C(=O)OCC1Cc1ccccc1. The maximum absolute atomic E-state index is 13.1. The van der Waals surface area contributed by atoms with Crippen LogP contribution in [0.5, 0.6) is 0 Å². The van der Waals surface area contributed by atoms with Gasteiger partial charge in [-0.3, -0.25) is 4.79 Å². The highest BCUT2D eigenvalue weighted by Crippen LogP contribution is 2.21. The summed E-state index contributed by atoms with van der Waals surface area (Å²) < 4.78 is 5.09. The molecule has 0 aromatic heterocycles. The van der Waals surface area contributed by atoms with E-state index in [1.54, 1.807) is 0 Å². The fraction of sp³-hybridized carbons (Fsp3) is 0.643. The van der Waals surface area contributed by atoms with E-state index in [0.29, 0.717) is 6.42 Å². The van der Waals surface area contributed by atoms with Crippen molar-refractivity contribution < 1.29 is 19.4 Å². The molecule has 0 spiro atoms. The average molecular weight is 499 g/mol. The minimum absolute atomic E-state index is 0.0627. The van der Waals surface area contributed by atoms with Crippen molar-refractivity contribution in [3.8, 4) is 0 Å². The number of allylic oxidation sites excluding steroid dienone is 1. The number of cyclic esters (lactones) is 1. The zero-order valence-electron chi connectivity index (χ0n) is 21.6. The summed E-state index contributed by atoms with van der Waals surface area (Å²) in [6.45, 7) is 2.30. The predicted molar refractivity (Wildman–Crippen MR) is 141 cm³/mol. The number of aliphatic hydroxyl groups excluding tert-OH is 1. The molecule has 1 fully saturated rings. The van der Waals surface area contributed by atoms with E-state index in [4.69, 9.17) is 10.3 Å². The lowest BCUT2D eigenvalue weighted by Gasteiger charge is -2.24. The third-order valence-corrected chi connectivity index (χ3v) is 6.57. The predicted octanol–water partition coefficient (Wildman–Crippen LogP) is 6.87. The van der Waals surface area contributed by atoms with Crippen molar-refractivity contribution in [3.63, 3.8) is 0 Å². The Morgan fingerprint density at radius 2 is 1.72 bits per heavy atom. The Balaban J connectivity index is 1.75. The van der Waals surface area contributed by atoms with Crippen LogP contribution in [0, 0.1) is 0 Å². The molecule has 1 aromatic rings. The number of hydrogen-bond acceptors (Lipinski definition) is 5. The molecule has 0 aliphatic carbocycles. The van der Waals surface area contributed by atoms with Crippen LogP contribution in [0.25, 0.3) is 10.4 Å². The van der Waals surface area contributed by atoms with Crippen LogP contribution >= 0.6 is 0 Å². The van der Waals surface area contributed by atoms with Crippen molar-refractivity contribution in [2.75, 3.05) is 6.61 Å². The fourth-order valence-electron chi connectivity index (χ4n) is 4.50. The number of carbonyl (C=O) groups is 2. The normalized spacial score (nSPS) is 17.1. The summed E-state index contributed by atoms with van der Waals surface area (Å²) in [6.07, 6.45) is 16.3. The first-order chi connectivity index (χ1) is 17.6. The highest BCUT2D eigenvalue weighted by Gasteiger charge is 2.42. The second-order valence-electron chi connectivity index (χ2n) is 9.52. The molecule has 198 valence electrons. The van der Waals surface area contributed by atoms with E-state index < -0.39 is 30.2 Å². The van der Waals surface area contributed by atoms with Gasteiger partial charge < -0.3 is 9.84 Å². The van der Waals surface area contributed by atoms with Crippen LogP contribution in [0.3, 0.4) is 0 Å². The topological polar surface area (TPSA) is 116 Å². The van der Waals surface area contributed by atoms with Crippen LogP contribution in [0.1, 0.15) is 89.5 Å². The highest BCUT2D eigenvalue weighted by atomic mass is 16.6. The maximum atomic E-state index is 13.1. The summed E-state index contributed by atoms with van der Waals surface area (Å²) in [6, 6.07) is 7.52. The van der Waals surface area contributed by atoms with Gasteiger partial charge in [0.2, 0.25) is 5.91 Å². The van der Waals surface area contributed by atoms with Crippen molar-refractivity contribution >= 4 is 12.0 Å². The van der Waals surface area contributed by atoms with Gasteiger partial charge in [0, 0.05) is 4.91 Å². The summed E-state index contributed by atoms with van der Waals surface area (Å²) in [5, 5.41) is 14.1. The Morgan fingerprint density at radius 1 is 1.11 bits per heavy atom. The minimum atomic E-state index is -1.42. The van der Waals surface area contributed by atoms with Gasteiger partial charge in [0.05, 0.1) is 12.1 Å². The molecule has 1 aromatic carbocycles. The van der Waals surface area contributed by atoms with E-state index in [1.807, 2.05) is 36.4 Å². The number of carbonyl (C=O) groups excluding carboxylic acids is 2. The van der Waals surface area contributed by atoms with Gasteiger partial charge >= 0.3 is 6.09 Å². The molecule has 2 unspecified atom stereocenters. The lowest BCUT2D eigenvalue weighted by molar-refractivity contribution is -0.132. The molecule has 1 aliphatic heterocycles. The molecule has 0 bridgehead atoms. The molecule has 2 rings (SSSR count). The van der Waals surface area contributed by atoms with Crippen LogP contribution in [0.2, 0.25) is 0 Å². The Hall–Kier alpha value is -2.83. The number of azide groups is 1. The van der Waals surface area contributed by atoms with Crippen molar-refractivity contribution in [3.05, 3.63) is 58.5 Å². The first-order valence-corrected chi connectivity index (χ1v) is 13.5. The van der Waals surface area contributed by atoms with Gasteiger partial charge in [-0.25, -0.2) is 9.69 Å². The number of ether oxygens (including phenoxy) is 1. The van der Waals surface area contributed by atoms with E-state index in [-0.39, 0.29) is 6.61 Å². The average Bonchev–Trinajstić information content (AvgIpc) is 3.25. The molecule has 3 atom stereocenters. The van der Waals surface area contributed by atoms with Crippen molar-refractivity contribution in [2.24, 2.45) is 5.11 Å². The smallest absolute Gasteiger partial charge is 0.416 e. The van der Waals surface area contributed by atoms with E-state index >= 15 is 0 Å². The molecule has 1 saturated heterocycles. The molecule has 1 N–H and O–H groups in total. The molecule has 36 heavy (non-hydrogen) atoms. The number of unbranched alkanes of at least 4 members (excludes halogenated alkanes) is 11. The van der Waals surface area contributed by atoms with Gasteiger partial charge in [-0.05, 0) is 30.4 Å². The summed E-state index contributed by atoms with van der Waals surface area (Å²) in [7, 11) is 0. The fourth-order valence-corrected chi connectivity index (χ4v) is 4.50. The van der Waals surface area contributed by atoms with Gasteiger partial charge in [-0.2, -0.15) is 0 Å². The first kappa shape index (κ1) is 29.4. The van der Waals surface area contributed by atoms with Crippen LogP contribution in [0.4, 0.5) is 4.79 Å². The number of aliphatic hydroxyl groups is 1. The van der Waals surface area contributed by atoms with Crippen LogP contribution in [-0.2, 0) is 16.0 Å². The minimum Gasteiger partial charge on any atom is -0.447 e. The van der Waals surface area contributed by atoms with Crippen LogP contribution in [-0.4, -0.2) is 46.8 Å². The summed E-state index contributed by atoms with van der Waals surface area (Å²) >= 11 is 0. The Bertz CT molecular complexity index is 854. The molecule has 8 heteroatoms. The molecular formula is C28H42N4O4.